The van der Waals surface area contributed by atoms with Crippen LogP contribution in [0.2, 0.25) is 0 Å². The van der Waals surface area contributed by atoms with Gasteiger partial charge in [-0.2, -0.15) is 0 Å². The molecule has 0 fully saturated rings. The Kier molecular flexibility index (Phi) is 5.18. The maximum atomic E-state index is 14.4. The number of nitrogens with zero attached hydrogens (tertiary/aromatic N) is 2. The number of methoxy groups -OCH3 is 1. The average molecular weight is 345 g/mol. The van der Waals surface area contributed by atoms with E-state index in [0.29, 0.717) is 31.5 Å². The van der Waals surface area contributed by atoms with Crippen LogP contribution >= 0.6 is 0 Å². The standard InChI is InChI=1S/C19H24FN3O2/c1-12(2)18-21-15-8-10-23(9-7-14(15)19(24)22-18)11-13-5-4-6-16(25-3)17(13)20/h4-6,12H,7-11H2,1-3H3,(H,21,22,24). The molecular formula is C19H24FN3O2. The molecule has 25 heavy (non-hydrogen) atoms. The van der Waals surface area contributed by atoms with Gasteiger partial charge >= 0.3 is 0 Å². The van der Waals surface area contributed by atoms with Crippen molar-refractivity contribution in [3.8, 4) is 5.75 Å². The predicted octanol–water partition coefficient (Wildman–Crippen LogP) is 2.64. The quantitative estimate of drug-likeness (QED) is 0.925. The molecule has 1 aliphatic heterocycles. The molecule has 1 aromatic carbocycles. The average Bonchev–Trinajstić information content (AvgIpc) is 2.79. The molecule has 1 N–H and O–H groups in total. The van der Waals surface area contributed by atoms with Gasteiger partial charge in [-0.15, -0.1) is 0 Å². The molecule has 6 heteroatoms. The fraction of sp³-hybridized carbons (Fsp3) is 0.474. The van der Waals surface area contributed by atoms with Crippen LogP contribution in [-0.2, 0) is 19.4 Å². The first-order valence-corrected chi connectivity index (χ1v) is 8.65. The Morgan fingerprint density at radius 3 is 2.80 bits per heavy atom. The predicted molar refractivity (Wildman–Crippen MR) is 94.6 cm³/mol. The summed E-state index contributed by atoms with van der Waals surface area (Å²) in [6.45, 7) is 5.97. The highest BCUT2D eigenvalue weighted by atomic mass is 19.1. The summed E-state index contributed by atoms with van der Waals surface area (Å²) < 4.78 is 19.4. The van der Waals surface area contributed by atoms with E-state index in [1.54, 1.807) is 18.2 Å². The summed E-state index contributed by atoms with van der Waals surface area (Å²) in [5, 5.41) is 0. The molecule has 0 unspecified atom stereocenters. The largest absolute Gasteiger partial charge is 0.494 e. The summed E-state index contributed by atoms with van der Waals surface area (Å²) in [7, 11) is 1.47. The van der Waals surface area contributed by atoms with Crippen LogP contribution in [0, 0.1) is 5.82 Å². The van der Waals surface area contributed by atoms with Gasteiger partial charge in [-0.25, -0.2) is 9.37 Å². The van der Waals surface area contributed by atoms with Crippen LogP contribution in [0.25, 0.3) is 0 Å². The van der Waals surface area contributed by atoms with Crippen LogP contribution in [0.3, 0.4) is 0 Å². The van der Waals surface area contributed by atoms with E-state index < -0.39 is 0 Å². The second kappa shape index (κ2) is 7.35. The summed E-state index contributed by atoms with van der Waals surface area (Å²) in [5.74, 6) is 0.861. The van der Waals surface area contributed by atoms with Crippen molar-refractivity contribution in [2.45, 2.75) is 39.2 Å². The first kappa shape index (κ1) is 17.6. The molecule has 0 spiro atoms. The third kappa shape index (κ3) is 3.74. The highest BCUT2D eigenvalue weighted by Crippen LogP contribution is 2.22. The molecule has 2 heterocycles. The summed E-state index contributed by atoms with van der Waals surface area (Å²) in [6, 6.07) is 5.19. The highest BCUT2D eigenvalue weighted by molar-refractivity contribution is 5.31. The summed E-state index contributed by atoms with van der Waals surface area (Å²) in [4.78, 5) is 22.0. The van der Waals surface area contributed by atoms with E-state index in [1.165, 1.54) is 7.11 Å². The van der Waals surface area contributed by atoms with Crippen LogP contribution in [0.1, 0.15) is 42.4 Å². The first-order chi connectivity index (χ1) is 12.0. The molecule has 0 atom stereocenters. The van der Waals surface area contributed by atoms with Gasteiger partial charge in [0.2, 0.25) is 0 Å². The van der Waals surface area contributed by atoms with E-state index in [1.807, 2.05) is 13.8 Å². The Balaban J connectivity index is 1.79. The number of nitrogens with one attached hydrogen (secondary N) is 1. The normalized spacial score (nSPS) is 15.1. The SMILES string of the molecule is COc1cccc(CN2CCc3nc(C(C)C)[nH]c(=O)c3CC2)c1F. The minimum atomic E-state index is -0.315. The number of hydrogen-bond acceptors (Lipinski definition) is 4. The number of aromatic nitrogens is 2. The lowest BCUT2D eigenvalue weighted by atomic mass is 10.1. The van der Waals surface area contributed by atoms with Crippen molar-refractivity contribution in [2.24, 2.45) is 0 Å². The number of aromatic amines is 1. The van der Waals surface area contributed by atoms with Gasteiger partial charge in [0.1, 0.15) is 5.82 Å². The highest BCUT2D eigenvalue weighted by Gasteiger charge is 2.20. The van der Waals surface area contributed by atoms with Gasteiger partial charge in [0, 0.05) is 43.1 Å². The molecule has 134 valence electrons. The topological polar surface area (TPSA) is 58.2 Å². The number of fused-ring (bicyclic) bond motifs is 1. The van der Waals surface area contributed by atoms with Crippen LogP contribution in [0.5, 0.6) is 5.75 Å². The van der Waals surface area contributed by atoms with Gasteiger partial charge in [0.05, 0.1) is 12.8 Å². The Morgan fingerprint density at radius 1 is 1.32 bits per heavy atom. The smallest absolute Gasteiger partial charge is 0.254 e. The molecule has 2 aromatic rings. The molecule has 3 rings (SSSR count). The van der Waals surface area contributed by atoms with E-state index in [0.717, 1.165) is 23.6 Å². The van der Waals surface area contributed by atoms with Crippen molar-refractivity contribution in [2.75, 3.05) is 20.2 Å². The van der Waals surface area contributed by atoms with Gasteiger partial charge in [-0.3, -0.25) is 9.69 Å². The lowest BCUT2D eigenvalue weighted by Crippen LogP contribution is -2.26. The van der Waals surface area contributed by atoms with Crippen molar-refractivity contribution < 1.29 is 9.13 Å². The van der Waals surface area contributed by atoms with Gasteiger partial charge in [-0.05, 0) is 12.5 Å². The van der Waals surface area contributed by atoms with Crippen LogP contribution in [-0.4, -0.2) is 35.1 Å². The van der Waals surface area contributed by atoms with Crippen LogP contribution < -0.4 is 10.3 Å². The third-order valence-electron chi connectivity index (χ3n) is 4.67. The summed E-state index contributed by atoms with van der Waals surface area (Å²) >= 11 is 0. The Bertz CT molecular complexity index is 817. The van der Waals surface area contributed by atoms with E-state index in [9.17, 15) is 9.18 Å². The van der Waals surface area contributed by atoms with Crippen LogP contribution in [0.15, 0.2) is 23.0 Å². The minimum Gasteiger partial charge on any atom is -0.494 e. The maximum absolute atomic E-state index is 14.4. The van der Waals surface area contributed by atoms with E-state index in [2.05, 4.69) is 14.9 Å². The Labute approximate surface area is 146 Å². The molecule has 0 saturated carbocycles. The lowest BCUT2D eigenvalue weighted by molar-refractivity contribution is 0.272. The minimum absolute atomic E-state index is 0.0388. The number of benzene rings is 1. The Hall–Kier alpha value is -2.21. The van der Waals surface area contributed by atoms with Crippen LogP contribution in [0.4, 0.5) is 4.39 Å². The first-order valence-electron chi connectivity index (χ1n) is 8.65. The van der Waals surface area contributed by atoms with Crippen molar-refractivity contribution in [1.29, 1.82) is 0 Å². The third-order valence-corrected chi connectivity index (χ3v) is 4.67. The molecular weight excluding hydrogens is 321 g/mol. The zero-order chi connectivity index (χ0) is 18.0. The van der Waals surface area contributed by atoms with Crippen molar-refractivity contribution in [3.05, 3.63) is 57.0 Å². The van der Waals surface area contributed by atoms with Crippen molar-refractivity contribution in [1.82, 2.24) is 14.9 Å². The summed E-state index contributed by atoms with van der Waals surface area (Å²) in [5.41, 5.74) is 2.21. The monoisotopic (exact) mass is 345 g/mol. The fourth-order valence-corrected chi connectivity index (χ4v) is 3.18. The number of H-pyrrole nitrogens is 1. The van der Waals surface area contributed by atoms with E-state index in [-0.39, 0.29) is 23.0 Å². The second-order valence-electron chi connectivity index (χ2n) is 6.74. The van der Waals surface area contributed by atoms with Gasteiger partial charge < -0.3 is 9.72 Å². The lowest BCUT2D eigenvalue weighted by Gasteiger charge is -2.20. The summed E-state index contributed by atoms with van der Waals surface area (Å²) in [6.07, 6.45) is 1.33. The molecule has 0 radical (unpaired) electrons. The maximum Gasteiger partial charge on any atom is 0.254 e. The number of hydrogen-bond donors (Lipinski definition) is 1. The molecule has 1 aliphatic rings. The fourth-order valence-electron chi connectivity index (χ4n) is 3.18. The zero-order valence-corrected chi connectivity index (χ0v) is 14.9. The molecule has 0 bridgehead atoms. The molecule has 0 aliphatic carbocycles. The van der Waals surface area contributed by atoms with E-state index >= 15 is 0 Å². The Morgan fingerprint density at radius 2 is 2.08 bits per heavy atom. The molecule has 0 amide bonds. The molecule has 5 nitrogen and oxygen atoms in total. The van der Waals surface area contributed by atoms with Gasteiger partial charge in [0.25, 0.3) is 5.56 Å². The van der Waals surface area contributed by atoms with Gasteiger partial charge in [0.15, 0.2) is 11.6 Å². The second-order valence-corrected chi connectivity index (χ2v) is 6.74. The van der Waals surface area contributed by atoms with Gasteiger partial charge in [-0.1, -0.05) is 26.0 Å². The van der Waals surface area contributed by atoms with E-state index in [4.69, 9.17) is 4.74 Å². The molecule has 0 saturated heterocycles. The number of rotatable bonds is 4. The number of ether oxygens (including phenoxy) is 1. The van der Waals surface area contributed by atoms with Crippen molar-refractivity contribution in [3.63, 3.8) is 0 Å². The number of halogens is 1. The zero-order valence-electron chi connectivity index (χ0n) is 14.9. The van der Waals surface area contributed by atoms with Crippen molar-refractivity contribution >= 4 is 0 Å². The molecule has 1 aromatic heterocycles.